The number of rotatable bonds is 5. The predicted molar refractivity (Wildman–Crippen MR) is 103 cm³/mol. The summed E-state index contributed by atoms with van der Waals surface area (Å²) < 4.78 is 18.8. The number of piperidine rings is 1. The summed E-state index contributed by atoms with van der Waals surface area (Å²) in [6.07, 6.45) is 1.62. The highest BCUT2D eigenvalue weighted by Crippen LogP contribution is 2.23. The number of ether oxygens (including phenoxy) is 1. The fraction of sp³-hybridized carbons (Fsp3) is 0.632. The average Bonchev–Trinajstić information content (AvgIpc) is 2.59. The first-order valence-electron chi connectivity index (χ1n) is 8.92. The topological polar surface area (TPSA) is 61.8 Å². The molecule has 2 rings (SSSR count). The molecule has 0 radical (unpaired) electrons. The first-order chi connectivity index (χ1) is 11.8. The lowest BCUT2D eigenvalue weighted by atomic mass is 9.91. The van der Waals surface area contributed by atoms with Crippen LogP contribution in [0.2, 0.25) is 0 Å². The van der Waals surface area contributed by atoms with Crippen LogP contribution in [-0.4, -0.2) is 39.4 Å². The number of likely N-dealkylation sites (tertiary alicyclic amines) is 1. The molecule has 1 saturated heterocycles. The average molecular weight is 368 g/mol. The fourth-order valence-electron chi connectivity index (χ4n) is 2.84. The Morgan fingerprint density at radius 3 is 2.48 bits per heavy atom. The molecule has 2 unspecified atom stereocenters. The molecule has 6 heteroatoms. The molecule has 1 aromatic rings. The Bertz CT molecular complexity index is 539. The zero-order valence-corrected chi connectivity index (χ0v) is 16.5. The van der Waals surface area contributed by atoms with E-state index >= 15 is 0 Å². The molecule has 5 nitrogen and oxygen atoms in total. The van der Waals surface area contributed by atoms with Crippen molar-refractivity contribution in [2.45, 2.75) is 57.9 Å². The van der Waals surface area contributed by atoms with Crippen LogP contribution >= 0.6 is 0 Å². The maximum atomic E-state index is 12.2. The number of benzene rings is 1. The van der Waals surface area contributed by atoms with E-state index in [1.165, 1.54) is 0 Å². The molecule has 1 amide bonds. The number of hydrogen-bond donors (Lipinski definition) is 2. The third kappa shape index (κ3) is 6.20. The lowest BCUT2D eigenvalue weighted by Crippen LogP contribution is -2.49. The Labute approximate surface area is 154 Å². The van der Waals surface area contributed by atoms with E-state index in [0.29, 0.717) is 25.6 Å². The smallest absolute Gasteiger partial charge is 0.410 e. The van der Waals surface area contributed by atoms with Gasteiger partial charge in [-0.25, -0.2) is 4.79 Å². The van der Waals surface area contributed by atoms with Gasteiger partial charge in [-0.05, 0) is 52.0 Å². The Hall–Kier alpha value is -1.24. The molecule has 1 heterocycles. The van der Waals surface area contributed by atoms with Gasteiger partial charge in [0.05, 0.1) is 6.04 Å². The molecule has 0 bridgehead atoms. The number of amides is 1. The molecule has 0 saturated carbocycles. The number of carbonyl (C=O) groups is 1. The Kier molecular flexibility index (Phi) is 7.16. The maximum absolute atomic E-state index is 12.2. The van der Waals surface area contributed by atoms with Crippen LogP contribution in [0.15, 0.2) is 30.3 Å². The van der Waals surface area contributed by atoms with Gasteiger partial charge >= 0.3 is 6.09 Å². The second-order valence-electron chi connectivity index (χ2n) is 7.67. The van der Waals surface area contributed by atoms with Gasteiger partial charge in [-0.15, -0.1) is 4.72 Å². The first-order valence-corrected chi connectivity index (χ1v) is 10.1. The van der Waals surface area contributed by atoms with Gasteiger partial charge in [0.2, 0.25) is 11.4 Å². The zero-order chi connectivity index (χ0) is 18.4. The predicted octanol–water partition coefficient (Wildman–Crippen LogP) is 3.82. The van der Waals surface area contributed by atoms with Gasteiger partial charge in [-0.2, -0.15) is 4.55 Å². The molecular weight excluding hydrogens is 336 g/mol. The van der Waals surface area contributed by atoms with Crippen LogP contribution in [0.5, 0.6) is 0 Å². The second-order valence-corrected chi connectivity index (χ2v) is 9.70. The minimum absolute atomic E-state index is 0.157. The van der Waals surface area contributed by atoms with Gasteiger partial charge in [0.25, 0.3) is 0 Å². The van der Waals surface area contributed by atoms with E-state index in [0.717, 1.165) is 18.4 Å². The van der Waals surface area contributed by atoms with Crippen molar-refractivity contribution in [2.24, 2.45) is 5.92 Å². The van der Waals surface area contributed by atoms with Crippen molar-refractivity contribution < 1.29 is 14.1 Å². The molecule has 140 valence electrons. The van der Waals surface area contributed by atoms with Crippen molar-refractivity contribution in [2.75, 3.05) is 13.1 Å². The second kappa shape index (κ2) is 8.92. The van der Waals surface area contributed by atoms with E-state index in [2.05, 4.69) is 11.6 Å². The van der Waals surface area contributed by atoms with E-state index in [1.54, 1.807) is 4.90 Å². The summed E-state index contributed by atoms with van der Waals surface area (Å²) in [5, 5.41) is 0. The molecule has 25 heavy (non-hydrogen) atoms. The minimum Gasteiger partial charge on any atom is -0.445 e. The van der Waals surface area contributed by atoms with Crippen molar-refractivity contribution in [3.8, 4) is 0 Å². The molecule has 0 aromatic heterocycles. The largest absolute Gasteiger partial charge is 0.445 e. The quantitative estimate of drug-likeness (QED) is 0.777. The summed E-state index contributed by atoms with van der Waals surface area (Å²) in [6, 6.07) is 9.96. The summed E-state index contributed by atoms with van der Waals surface area (Å²) in [5.74, 6) is 0.461. The third-order valence-corrected chi connectivity index (χ3v) is 6.34. The highest BCUT2D eigenvalue weighted by molar-refractivity contribution is 7.90. The normalized spacial score (nSPS) is 18.7. The molecule has 1 aliphatic heterocycles. The van der Waals surface area contributed by atoms with Crippen molar-refractivity contribution in [1.29, 1.82) is 0 Å². The van der Waals surface area contributed by atoms with Crippen molar-refractivity contribution >= 4 is 17.5 Å². The van der Waals surface area contributed by atoms with Crippen molar-refractivity contribution in [3.63, 3.8) is 0 Å². The highest BCUT2D eigenvalue weighted by Gasteiger charge is 2.38. The lowest BCUT2D eigenvalue weighted by Gasteiger charge is -2.34. The molecule has 1 aliphatic rings. The van der Waals surface area contributed by atoms with Gasteiger partial charge < -0.3 is 9.64 Å². The Balaban J connectivity index is 1.74. The van der Waals surface area contributed by atoms with Gasteiger partial charge in [0, 0.05) is 13.1 Å². The molecule has 2 atom stereocenters. The maximum Gasteiger partial charge on any atom is 0.410 e. The van der Waals surface area contributed by atoms with Crippen LogP contribution in [0.3, 0.4) is 0 Å². The SMILES string of the molecule is CC(N[S+](O)C(C)(C)C)C1CCN(C(=O)OCc2ccccc2)CC1. The van der Waals surface area contributed by atoms with Gasteiger partial charge in [-0.3, -0.25) is 0 Å². The highest BCUT2D eigenvalue weighted by atomic mass is 32.2. The van der Waals surface area contributed by atoms with Crippen LogP contribution in [0.25, 0.3) is 0 Å². The summed E-state index contributed by atoms with van der Waals surface area (Å²) in [5.41, 5.74) is 1.00. The van der Waals surface area contributed by atoms with Crippen molar-refractivity contribution in [3.05, 3.63) is 35.9 Å². The summed E-state index contributed by atoms with van der Waals surface area (Å²) in [7, 11) is 0. The monoisotopic (exact) mass is 367 g/mol. The van der Waals surface area contributed by atoms with Gasteiger partial charge in [-0.1, -0.05) is 30.3 Å². The number of nitrogens with one attached hydrogen (secondary N) is 1. The minimum atomic E-state index is -0.816. The van der Waals surface area contributed by atoms with Crippen LogP contribution in [-0.2, 0) is 22.7 Å². The summed E-state index contributed by atoms with van der Waals surface area (Å²) in [6.45, 7) is 9.94. The van der Waals surface area contributed by atoms with Crippen LogP contribution in [0, 0.1) is 5.92 Å². The van der Waals surface area contributed by atoms with E-state index in [9.17, 15) is 9.35 Å². The number of hydrogen-bond acceptors (Lipinski definition) is 4. The summed E-state index contributed by atoms with van der Waals surface area (Å²) >= 11 is -0.816. The zero-order valence-electron chi connectivity index (χ0n) is 15.7. The van der Waals surface area contributed by atoms with E-state index in [-0.39, 0.29) is 16.9 Å². The van der Waals surface area contributed by atoms with Crippen LogP contribution in [0.4, 0.5) is 4.79 Å². The van der Waals surface area contributed by atoms with Gasteiger partial charge in [0.1, 0.15) is 6.61 Å². The molecule has 0 aliphatic carbocycles. The third-order valence-electron chi connectivity index (χ3n) is 4.59. The fourth-order valence-corrected chi connectivity index (χ4v) is 3.74. The van der Waals surface area contributed by atoms with Gasteiger partial charge in [0.15, 0.2) is 4.75 Å². The number of carbonyl (C=O) groups excluding carboxylic acids is 1. The van der Waals surface area contributed by atoms with E-state index in [1.807, 2.05) is 51.1 Å². The van der Waals surface area contributed by atoms with Crippen molar-refractivity contribution in [1.82, 2.24) is 9.62 Å². The standard InChI is InChI=1S/C19H31N2O3S/c1-15(20-25(23)19(2,3)4)17-10-12-21(13-11-17)18(22)24-14-16-8-6-5-7-9-16/h5-9,15,17,20,23H,10-14H2,1-4H3/q+1. The van der Waals surface area contributed by atoms with E-state index in [4.69, 9.17) is 4.74 Å². The lowest BCUT2D eigenvalue weighted by molar-refractivity contribution is 0.0797. The summed E-state index contributed by atoms with van der Waals surface area (Å²) in [4.78, 5) is 14.0. The number of nitrogens with zero attached hydrogens (tertiary/aromatic N) is 1. The molecule has 1 aromatic carbocycles. The molecular formula is C19H31N2O3S+. The molecule has 0 spiro atoms. The Morgan fingerprint density at radius 1 is 1.32 bits per heavy atom. The molecule has 1 fully saturated rings. The first kappa shape index (κ1) is 20.1. The van der Waals surface area contributed by atoms with E-state index < -0.39 is 11.4 Å². The molecule has 2 N–H and O–H groups in total. The Morgan fingerprint density at radius 2 is 1.92 bits per heavy atom. The van der Waals surface area contributed by atoms with Crippen LogP contribution < -0.4 is 4.72 Å². The van der Waals surface area contributed by atoms with Crippen LogP contribution in [0.1, 0.15) is 46.1 Å².